The van der Waals surface area contributed by atoms with Crippen LogP contribution in [0.4, 0.5) is 10.1 Å². The van der Waals surface area contributed by atoms with Crippen molar-refractivity contribution in [1.29, 1.82) is 0 Å². The smallest absolute Gasteiger partial charge is 0.264 e. The van der Waals surface area contributed by atoms with Gasteiger partial charge in [0.25, 0.3) is 5.56 Å². The third kappa shape index (κ3) is 3.62. The lowest BCUT2D eigenvalue weighted by Crippen LogP contribution is -2.29. The first kappa shape index (κ1) is 20.8. The van der Waals surface area contributed by atoms with E-state index in [0.29, 0.717) is 33.7 Å². The van der Waals surface area contributed by atoms with Gasteiger partial charge in [0, 0.05) is 24.0 Å². The highest BCUT2D eigenvalue weighted by atomic mass is 19.1. The van der Waals surface area contributed by atoms with Crippen LogP contribution < -0.4 is 15.6 Å². The van der Waals surface area contributed by atoms with Gasteiger partial charge in [0.05, 0.1) is 36.3 Å². The number of pyridine rings is 1. The highest BCUT2D eigenvalue weighted by Gasteiger charge is 2.25. The Kier molecular flexibility index (Phi) is 5.32. The number of benzene rings is 2. The first-order valence-corrected chi connectivity index (χ1v) is 10.6. The number of hydrogen-bond acceptors (Lipinski definition) is 5. The monoisotopic (exact) mass is 441 g/mol. The van der Waals surface area contributed by atoms with Crippen LogP contribution in [0, 0.1) is 12.4 Å². The van der Waals surface area contributed by atoms with Crippen LogP contribution in [0.2, 0.25) is 0 Å². The predicted octanol–water partition coefficient (Wildman–Crippen LogP) is 4.57. The number of nitrogens with zero attached hydrogens (tertiary/aromatic N) is 4. The van der Waals surface area contributed by atoms with Gasteiger partial charge in [0.2, 0.25) is 0 Å². The molecule has 0 unspecified atom stereocenters. The standard InChI is InChI=1S/C25H20FN5O2/c1-27-16-11-18(15-5-3-9-28-14-15)23-19(12-16)25(32)31(24(30-23)21-6-4-10-29-21)17-7-8-22(33-2)20(26)13-17/h3,5,7-9,11-14,21,29H,4,6,10H2,2H3/t21-/m1/s1. The lowest BCUT2D eigenvalue weighted by Gasteiger charge is -2.20. The first-order chi connectivity index (χ1) is 16.1. The maximum atomic E-state index is 14.6. The second-order valence-electron chi connectivity index (χ2n) is 7.82. The Balaban J connectivity index is 1.86. The van der Waals surface area contributed by atoms with Crippen LogP contribution in [0.15, 0.2) is 59.7 Å². The van der Waals surface area contributed by atoms with Gasteiger partial charge in [-0.3, -0.25) is 14.3 Å². The maximum Gasteiger partial charge on any atom is 0.264 e. The minimum Gasteiger partial charge on any atom is -0.494 e. The molecule has 33 heavy (non-hydrogen) atoms. The molecule has 5 rings (SSSR count). The van der Waals surface area contributed by atoms with Crippen molar-refractivity contribution >= 4 is 16.6 Å². The zero-order valence-electron chi connectivity index (χ0n) is 17.9. The Morgan fingerprint density at radius 1 is 1.27 bits per heavy atom. The van der Waals surface area contributed by atoms with Gasteiger partial charge in [-0.25, -0.2) is 14.2 Å². The topological polar surface area (TPSA) is 73.4 Å². The summed E-state index contributed by atoms with van der Waals surface area (Å²) in [7, 11) is 1.39. The van der Waals surface area contributed by atoms with Gasteiger partial charge in [-0.05, 0) is 55.3 Å². The zero-order chi connectivity index (χ0) is 22.9. The van der Waals surface area contributed by atoms with Crippen molar-refractivity contribution in [3.63, 3.8) is 0 Å². The molecular formula is C25H20FN5O2. The van der Waals surface area contributed by atoms with Crippen molar-refractivity contribution in [2.24, 2.45) is 0 Å². The van der Waals surface area contributed by atoms with Gasteiger partial charge in [-0.1, -0.05) is 6.07 Å². The van der Waals surface area contributed by atoms with Crippen LogP contribution in [-0.2, 0) is 0 Å². The number of rotatable bonds is 4. The van der Waals surface area contributed by atoms with Crippen LogP contribution in [0.25, 0.3) is 32.6 Å². The SMILES string of the molecule is [C-]#[N+]c1cc(-c2cccnc2)c2nc([C@H]3CCCN3)n(-c3ccc(OC)c(F)c3)c(=O)c2c1. The van der Waals surface area contributed by atoms with Crippen LogP contribution in [-0.4, -0.2) is 28.2 Å². The summed E-state index contributed by atoms with van der Waals surface area (Å²) < 4.78 is 21.0. The predicted molar refractivity (Wildman–Crippen MR) is 123 cm³/mol. The van der Waals surface area contributed by atoms with Crippen LogP contribution in [0.5, 0.6) is 5.75 Å². The molecule has 164 valence electrons. The summed E-state index contributed by atoms with van der Waals surface area (Å²) in [6.45, 7) is 8.33. The number of nitrogens with one attached hydrogen (secondary N) is 1. The first-order valence-electron chi connectivity index (χ1n) is 10.6. The molecule has 7 nitrogen and oxygen atoms in total. The van der Waals surface area contributed by atoms with E-state index in [2.05, 4.69) is 15.1 Å². The molecule has 1 fully saturated rings. The van der Waals surface area contributed by atoms with E-state index in [1.807, 2.05) is 6.07 Å². The van der Waals surface area contributed by atoms with Gasteiger partial charge in [-0.2, -0.15) is 0 Å². The van der Waals surface area contributed by atoms with E-state index >= 15 is 0 Å². The van der Waals surface area contributed by atoms with Crippen LogP contribution in [0.3, 0.4) is 0 Å². The van der Waals surface area contributed by atoms with Crippen molar-refractivity contribution in [2.45, 2.75) is 18.9 Å². The number of methoxy groups -OCH3 is 1. The molecule has 2 aromatic carbocycles. The largest absolute Gasteiger partial charge is 0.494 e. The number of fused-ring (bicyclic) bond motifs is 1. The molecule has 0 aliphatic carbocycles. The van der Waals surface area contributed by atoms with E-state index in [1.54, 1.807) is 36.7 Å². The molecule has 0 spiro atoms. The molecule has 0 saturated carbocycles. The molecule has 4 aromatic rings. The van der Waals surface area contributed by atoms with Crippen LogP contribution in [0.1, 0.15) is 24.7 Å². The van der Waals surface area contributed by atoms with Gasteiger partial charge >= 0.3 is 0 Å². The highest BCUT2D eigenvalue weighted by molar-refractivity contribution is 5.96. The normalized spacial score (nSPS) is 15.5. The lowest BCUT2D eigenvalue weighted by molar-refractivity contribution is 0.386. The summed E-state index contributed by atoms with van der Waals surface area (Å²) >= 11 is 0. The molecular weight excluding hydrogens is 421 g/mol. The molecule has 1 aliphatic heterocycles. The molecule has 8 heteroatoms. The van der Waals surface area contributed by atoms with Crippen molar-refractivity contribution in [3.8, 4) is 22.6 Å². The van der Waals surface area contributed by atoms with E-state index < -0.39 is 5.82 Å². The van der Waals surface area contributed by atoms with Gasteiger partial charge in [0.1, 0.15) is 5.82 Å². The number of aromatic nitrogens is 3. The van der Waals surface area contributed by atoms with Crippen molar-refractivity contribution in [2.75, 3.05) is 13.7 Å². The Bertz CT molecular complexity index is 1450. The second kappa shape index (κ2) is 8.45. The summed E-state index contributed by atoms with van der Waals surface area (Å²) in [6.07, 6.45) is 5.10. The fourth-order valence-corrected chi connectivity index (χ4v) is 4.28. The quantitative estimate of drug-likeness (QED) is 0.470. The molecule has 1 N–H and O–H groups in total. The second-order valence-corrected chi connectivity index (χ2v) is 7.82. The number of halogens is 1. The summed E-state index contributed by atoms with van der Waals surface area (Å²) in [6, 6.07) is 11.2. The van der Waals surface area contributed by atoms with Gasteiger partial charge in [0.15, 0.2) is 17.3 Å². The van der Waals surface area contributed by atoms with Crippen molar-refractivity contribution in [3.05, 3.63) is 88.3 Å². The van der Waals surface area contributed by atoms with E-state index in [0.717, 1.165) is 24.9 Å². The van der Waals surface area contributed by atoms with Crippen molar-refractivity contribution < 1.29 is 9.13 Å². The average molecular weight is 441 g/mol. The molecule has 2 aromatic heterocycles. The molecule has 0 amide bonds. The summed E-state index contributed by atoms with van der Waals surface area (Å²) in [5.74, 6) is 0.0313. The lowest BCUT2D eigenvalue weighted by atomic mass is 10.0. The highest BCUT2D eigenvalue weighted by Crippen LogP contribution is 2.33. The molecule has 0 bridgehead atoms. The number of hydrogen-bond donors (Lipinski definition) is 1. The van der Waals surface area contributed by atoms with E-state index in [9.17, 15) is 9.18 Å². The van der Waals surface area contributed by atoms with Gasteiger partial charge < -0.3 is 10.1 Å². The Hall–Kier alpha value is -4.09. The fourth-order valence-electron chi connectivity index (χ4n) is 4.28. The van der Waals surface area contributed by atoms with Gasteiger partial charge in [-0.15, -0.1) is 0 Å². The average Bonchev–Trinajstić information content (AvgIpc) is 3.39. The summed E-state index contributed by atoms with van der Waals surface area (Å²) in [5.41, 5.74) is 2.24. The maximum absolute atomic E-state index is 14.6. The molecule has 1 atom stereocenters. The Labute approximate surface area is 189 Å². The van der Waals surface area contributed by atoms with E-state index in [4.69, 9.17) is 16.3 Å². The third-order valence-corrected chi connectivity index (χ3v) is 5.85. The molecule has 1 aliphatic rings. The third-order valence-electron chi connectivity index (χ3n) is 5.85. The molecule has 0 radical (unpaired) electrons. The zero-order valence-corrected chi connectivity index (χ0v) is 17.9. The summed E-state index contributed by atoms with van der Waals surface area (Å²) in [5, 5.41) is 3.68. The minimum absolute atomic E-state index is 0.0928. The summed E-state index contributed by atoms with van der Waals surface area (Å²) in [4.78, 5) is 26.5. The van der Waals surface area contributed by atoms with E-state index in [1.165, 1.54) is 23.8 Å². The van der Waals surface area contributed by atoms with Crippen LogP contribution >= 0.6 is 0 Å². The Morgan fingerprint density at radius 2 is 2.15 bits per heavy atom. The van der Waals surface area contributed by atoms with E-state index in [-0.39, 0.29) is 17.4 Å². The number of ether oxygens (including phenoxy) is 1. The Morgan fingerprint density at radius 3 is 2.82 bits per heavy atom. The minimum atomic E-state index is -0.571. The fraction of sp³-hybridized carbons (Fsp3) is 0.200. The van der Waals surface area contributed by atoms with Crippen molar-refractivity contribution in [1.82, 2.24) is 19.9 Å². The molecule has 3 heterocycles. The molecule has 1 saturated heterocycles.